The van der Waals surface area contributed by atoms with Gasteiger partial charge in [-0.25, -0.2) is 0 Å². The topological polar surface area (TPSA) is 52.2 Å². The molecule has 0 unspecified atom stereocenters. The van der Waals surface area contributed by atoms with Gasteiger partial charge in [-0.05, 0) is 42.9 Å². The number of carbonyl (C=O) groups is 1. The van der Waals surface area contributed by atoms with E-state index < -0.39 is 5.97 Å². The molecule has 0 aliphatic heterocycles. The van der Waals surface area contributed by atoms with Crippen LogP contribution < -0.4 is 40.0 Å². The summed E-state index contributed by atoms with van der Waals surface area (Å²) in [6, 6.07) is 8.52. The number of hydrogen-bond donors (Lipinski definition) is 1. The van der Waals surface area contributed by atoms with E-state index in [0.717, 1.165) is 38.8 Å². The number of carboxylic acids is 1. The summed E-state index contributed by atoms with van der Waals surface area (Å²) in [6.45, 7) is 3.73. The van der Waals surface area contributed by atoms with Crippen LogP contribution in [0, 0.1) is 11.8 Å². The molecule has 0 amide bonds. The fourth-order valence-electron chi connectivity index (χ4n) is 2.95. The molecule has 1 aliphatic rings. The van der Waals surface area contributed by atoms with Gasteiger partial charge in [-0.1, -0.05) is 37.6 Å². The summed E-state index contributed by atoms with van der Waals surface area (Å²) in [5, 5.41) is 14.4. The second-order valence-corrected chi connectivity index (χ2v) is 5.42. The van der Waals surface area contributed by atoms with E-state index in [1.165, 1.54) is 11.1 Å². The van der Waals surface area contributed by atoms with Gasteiger partial charge >= 0.3 is 29.6 Å². The largest absolute Gasteiger partial charge is 1.00 e. The van der Waals surface area contributed by atoms with E-state index in [9.17, 15) is 9.90 Å². The molecule has 0 saturated heterocycles. The molecular weight excluding hydrogens is 261 g/mol. The molecule has 104 valence electrons. The Bertz CT molecular complexity index is 436. The second-order valence-electron chi connectivity index (χ2n) is 5.42. The summed E-state index contributed by atoms with van der Waals surface area (Å²) in [5.41, 5.74) is 2.61. The van der Waals surface area contributed by atoms with Crippen LogP contribution in [0.2, 0.25) is 0 Å². The van der Waals surface area contributed by atoms with Crippen molar-refractivity contribution in [2.24, 2.45) is 11.8 Å². The third-order valence-electron chi connectivity index (χ3n) is 4.10. The number of benzene rings is 1. The normalized spacial score (nSPS) is 21.4. The van der Waals surface area contributed by atoms with E-state index in [0.29, 0.717) is 0 Å². The van der Waals surface area contributed by atoms with E-state index in [1.54, 1.807) is 0 Å². The maximum Gasteiger partial charge on any atom is 1.00 e. The van der Waals surface area contributed by atoms with Crippen molar-refractivity contribution < 1.29 is 39.5 Å². The van der Waals surface area contributed by atoms with Gasteiger partial charge < -0.3 is 15.2 Å². The molecule has 2 rings (SSSR count). The van der Waals surface area contributed by atoms with Crippen molar-refractivity contribution in [1.29, 1.82) is 0 Å². The van der Waals surface area contributed by atoms with Crippen molar-refractivity contribution in [1.82, 2.24) is 5.32 Å². The van der Waals surface area contributed by atoms with E-state index in [-0.39, 0.29) is 41.4 Å². The first-order valence-electron chi connectivity index (χ1n) is 7.20. The maximum absolute atomic E-state index is 11.0. The molecule has 20 heavy (non-hydrogen) atoms. The zero-order chi connectivity index (χ0) is 13.7. The minimum Gasteiger partial charge on any atom is -0.550 e. The summed E-state index contributed by atoms with van der Waals surface area (Å²) in [6.07, 6.45) is 3.83. The Morgan fingerprint density at radius 2 is 2.10 bits per heavy atom. The van der Waals surface area contributed by atoms with Crippen LogP contribution in [0.4, 0.5) is 0 Å². The molecule has 1 saturated carbocycles. The molecule has 0 aromatic heterocycles. The van der Waals surface area contributed by atoms with E-state index in [1.807, 2.05) is 0 Å². The number of rotatable bonds is 6. The van der Waals surface area contributed by atoms with Gasteiger partial charge in [-0.15, -0.1) is 0 Å². The number of nitrogens with one attached hydrogen (secondary N) is 1. The predicted molar refractivity (Wildman–Crippen MR) is 73.4 cm³/mol. The first-order chi connectivity index (χ1) is 9.20. The van der Waals surface area contributed by atoms with Crippen LogP contribution in [0.15, 0.2) is 24.3 Å². The zero-order valence-electron chi connectivity index (χ0n) is 12.5. The molecule has 1 aromatic carbocycles. The number of aryl methyl sites for hydroxylation is 1. The molecule has 3 nitrogen and oxygen atoms in total. The first-order valence-corrected chi connectivity index (χ1v) is 7.20. The minimum atomic E-state index is -0.878. The summed E-state index contributed by atoms with van der Waals surface area (Å²) >= 11 is 0. The average Bonchev–Trinajstić information content (AvgIpc) is 2.87. The SMILES string of the molecule is CCc1cccc(CNC[C@H]2CCC[C@H]2C(=O)[O-])c1.[Na+]. The van der Waals surface area contributed by atoms with E-state index in [2.05, 4.69) is 36.5 Å². The molecule has 1 aromatic rings. The van der Waals surface area contributed by atoms with Gasteiger partial charge in [-0.2, -0.15) is 0 Å². The maximum atomic E-state index is 11.0. The van der Waals surface area contributed by atoms with Gasteiger partial charge in [0.15, 0.2) is 0 Å². The molecule has 2 atom stereocenters. The van der Waals surface area contributed by atoms with Crippen molar-refractivity contribution in [3.63, 3.8) is 0 Å². The summed E-state index contributed by atoms with van der Waals surface area (Å²) in [5.74, 6) is -0.897. The Hall–Kier alpha value is -0.350. The van der Waals surface area contributed by atoms with Crippen molar-refractivity contribution in [3.05, 3.63) is 35.4 Å². The molecule has 0 spiro atoms. The molecule has 1 fully saturated rings. The second kappa shape index (κ2) is 8.83. The molecular formula is C16H22NNaO2. The third-order valence-corrected chi connectivity index (χ3v) is 4.10. The zero-order valence-corrected chi connectivity index (χ0v) is 14.5. The van der Waals surface area contributed by atoms with Gasteiger partial charge in [0.25, 0.3) is 0 Å². The monoisotopic (exact) mass is 283 g/mol. The van der Waals surface area contributed by atoms with E-state index >= 15 is 0 Å². The van der Waals surface area contributed by atoms with Gasteiger partial charge in [0.05, 0.1) is 0 Å². The smallest absolute Gasteiger partial charge is 0.550 e. The molecule has 1 N–H and O–H groups in total. The van der Waals surface area contributed by atoms with Gasteiger partial charge in [-0.3, -0.25) is 0 Å². The van der Waals surface area contributed by atoms with Crippen LogP contribution in [-0.4, -0.2) is 12.5 Å². The third kappa shape index (κ3) is 4.88. The van der Waals surface area contributed by atoms with Gasteiger partial charge in [0.2, 0.25) is 0 Å². The van der Waals surface area contributed by atoms with Crippen LogP contribution in [0.1, 0.15) is 37.3 Å². The Morgan fingerprint density at radius 3 is 2.80 bits per heavy atom. The summed E-state index contributed by atoms with van der Waals surface area (Å²) in [7, 11) is 0. The fourth-order valence-corrected chi connectivity index (χ4v) is 2.95. The summed E-state index contributed by atoms with van der Waals surface area (Å²) in [4.78, 5) is 11.0. The van der Waals surface area contributed by atoms with Crippen molar-refractivity contribution in [3.8, 4) is 0 Å². The first kappa shape index (κ1) is 17.7. The summed E-state index contributed by atoms with van der Waals surface area (Å²) < 4.78 is 0. The molecule has 4 heteroatoms. The van der Waals surface area contributed by atoms with Crippen LogP contribution in [0.25, 0.3) is 0 Å². The minimum absolute atomic E-state index is 0. The van der Waals surface area contributed by atoms with Crippen LogP contribution >= 0.6 is 0 Å². The predicted octanol–water partition coefficient (Wildman–Crippen LogP) is -1.49. The van der Waals surface area contributed by atoms with Crippen LogP contribution in [-0.2, 0) is 17.8 Å². The average molecular weight is 283 g/mol. The Labute approximate surface area is 143 Å². The fraction of sp³-hybridized carbons (Fsp3) is 0.562. The van der Waals surface area contributed by atoms with Crippen LogP contribution in [0.5, 0.6) is 0 Å². The molecule has 0 bridgehead atoms. The van der Waals surface area contributed by atoms with Gasteiger partial charge in [0.1, 0.15) is 0 Å². The number of hydrogen-bond acceptors (Lipinski definition) is 3. The molecule has 0 radical (unpaired) electrons. The Kier molecular flexibility index (Phi) is 7.82. The number of carbonyl (C=O) groups excluding carboxylic acids is 1. The molecule has 1 aliphatic carbocycles. The standard InChI is InChI=1S/C16H23NO2.Na/c1-2-12-5-3-6-13(9-12)10-17-11-14-7-4-8-15(14)16(18)19;/h3,5-6,9,14-15,17H,2,4,7-8,10-11H2,1H3,(H,18,19);/q;+1/p-1/t14-,15-;/m1./s1. The van der Waals surface area contributed by atoms with Gasteiger partial charge in [0, 0.05) is 18.4 Å². The van der Waals surface area contributed by atoms with Crippen molar-refractivity contribution >= 4 is 5.97 Å². The Balaban J connectivity index is 0.00000200. The van der Waals surface area contributed by atoms with E-state index in [4.69, 9.17) is 0 Å². The number of aliphatic carboxylic acids is 1. The Morgan fingerprint density at radius 1 is 1.35 bits per heavy atom. The number of carboxylic acid groups (broad SMARTS) is 1. The van der Waals surface area contributed by atoms with Crippen molar-refractivity contribution in [2.45, 2.75) is 39.2 Å². The van der Waals surface area contributed by atoms with Crippen molar-refractivity contribution in [2.75, 3.05) is 6.54 Å². The van der Waals surface area contributed by atoms with Crippen LogP contribution in [0.3, 0.4) is 0 Å². The quantitative estimate of drug-likeness (QED) is 0.647. The molecule has 0 heterocycles.